The van der Waals surface area contributed by atoms with Crippen LogP contribution in [0.3, 0.4) is 0 Å². The predicted octanol–water partition coefficient (Wildman–Crippen LogP) is 2.50. The van der Waals surface area contributed by atoms with E-state index in [9.17, 15) is 0 Å². The van der Waals surface area contributed by atoms with Crippen LogP contribution in [-0.4, -0.2) is 24.3 Å². The zero-order valence-corrected chi connectivity index (χ0v) is 9.74. The monoisotopic (exact) mass is 216 g/mol. The van der Waals surface area contributed by atoms with Crippen molar-refractivity contribution in [3.8, 4) is 0 Å². The molecule has 0 spiro atoms. The molecular weight excluding hydrogens is 192 g/mol. The molecule has 0 saturated heterocycles. The van der Waals surface area contributed by atoms with Gasteiger partial charge in [-0.3, -0.25) is 0 Å². The standard InChI is InChI=1S/C11H24N2O2/c1-2-3-4-5-6-7-9-15-10-8-11(12)13-14/h14H,2-10H2,1H3,(H2,12,13). The van der Waals surface area contributed by atoms with Gasteiger partial charge in [-0.15, -0.1) is 0 Å². The summed E-state index contributed by atoms with van der Waals surface area (Å²) in [5.41, 5.74) is 5.29. The second kappa shape index (κ2) is 11.3. The number of ether oxygens (including phenoxy) is 1. The highest BCUT2D eigenvalue weighted by molar-refractivity contribution is 5.79. The van der Waals surface area contributed by atoms with Gasteiger partial charge in [0, 0.05) is 13.0 Å². The van der Waals surface area contributed by atoms with Gasteiger partial charge in [0.05, 0.1) is 6.61 Å². The van der Waals surface area contributed by atoms with Gasteiger partial charge >= 0.3 is 0 Å². The van der Waals surface area contributed by atoms with Crippen molar-refractivity contribution in [1.82, 2.24) is 0 Å². The van der Waals surface area contributed by atoms with E-state index in [4.69, 9.17) is 15.7 Å². The molecule has 0 aromatic rings. The Hall–Kier alpha value is -0.770. The van der Waals surface area contributed by atoms with Crippen LogP contribution in [0.5, 0.6) is 0 Å². The maximum absolute atomic E-state index is 8.27. The van der Waals surface area contributed by atoms with E-state index in [2.05, 4.69) is 12.1 Å². The van der Waals surface area contributed by atoms with Gasteiger partial charge in [0.25, 0.3) is 0 Å². The van der Waals surface area contributed by atoms with Crippen LogP contribution < -0.4 is 5.73 Å². The first-order valence-corrected chi connectivity index (χ1v) is 5.85. The Morgan fingerprint density at radius 1 is 1.13 bits per heavy atom. The minimum Gasteiger partial charge on any atom is -0.409 e. The van der Waals surface area contributed by atoms with E-state index in [0.717, 1.165) is 13.0 Å². The van der Waals surface area contributed by atoms with Gasteiger partial charge in [-0.25, -0.2) is 0 Å². The molecule has 0 aromatic heterocycles. The van der Waals surface area contributed by atoms with Crippen molar-refractivity contribution in [2.45, 2.75) is 51.9 Å². The van der Waals surface area contributed by atoms with Crippen molar-refractivity contribution in [1.29, 1.82) is 0 Å². The molecule has 0 rings (SSSR count). The maximum Gasteiger partial charge on any atom is 0.141 e. The van der Waals surface area contributed by atoms with Crippen molar-refractivity contribution < 1.29 is 9.94 Å². The normalized spacial score (nSPS) is 11.9. The molecule has 15 heavy (non-hydrogen) atoms. The van der Waals surface area contributed by atoms with Crippen LogP contribution in [-0.2, 0) is 4.74 Å². The Morgan fingerprint density at radius 3 is 2.47 bits per heavy atom. The molecule has 0 aromatic carbocycles. The Morgan fingerprint density at radius 2 is 1.80 bits per heavy atom. The number of hydrogen-bond acceptors (Lipinski definition) is 3. The van der Waals surface area contributed by atoms with Crippen LogP contribution in [0.1, 0.15) is 51.9 Å². The first-order chi connectivity index (χ1) is 7.31. The highest BCUT2D eigenvalue weighted by Gasteiger charge is 1.94. The fraction of sp³-hybridized carbons (Fsp3) is 0.909. The summed E-state index contributed by atoms with van der Waals surface area (Å²) in [6, 6.07) is 0. The number of rotatable bonds is 10. The van der Waals surface area contributed by atoms with E-state index in [0.29, 0.717) is 13.0 Å². The average Bonchev–Trinajstić information content (AvgIpc) is 2.26. The molecule has 0 atom stereocenters. The van der Waals surface area contributed by atoms with E-state index in [-0.39, 0.29) is 5.84 Å². The van der Waals surface area contributed by atoms with Crippen molar-refractivity contribution >= 4 is 5.84 Å². The summed E-state index contributed by atoms with van der Waals surface area (Å²) in [6.07, 6.45) is 8.12. The topological polar surface area (TPSA) is 67.8 Å². The van der Waals surface area contributed by atoms with Gasteiger partial charge in [-0.2, -0.15) is 0 Å². The van der Waals surface area contributed by atoms with E-state index in [1.807, 2.05) is 0 Å². The molecule has 0 aliphatic carbocycles. The fourth-order valence-electron chi connectivity index (χ4n) is 1.31. The SMILES string of the molecule is CCCCCCCCOCC/C(N)=N/O. The molecule has 90 valence electrons. The first-order valence-electron chi connectivity index (χ1n) is 5.85. The fourth-order valence-corrected chi connectivity index (χ4v) is 1.31. The Labute approximate surface area is 92.5 Å². The molecule has 0 amide bonds. The molecule has 0 unspecified atom stereocenters. The highest BCUT2D eigenvalue weighted by Crippen LogP contribution is 2.04. The second-order valence-corrected chi connectivity index (χ2v) is 3.72. The van der Waals surface area contributed by atoms with Crippen LogP contribution in [0.2, 0.25) is 0 Å². The molecule has 0 bridgehead atoms. The van der Waals surface area contributed by atoms with E-state index >= 15 is 0 Å². The zero-order chi connectivity index (χ0) is 11.4. The summed E-state index contributed by atoms with van der Waals surface area (Å²) in [6.45, 7) is 3.55. The van der Waals surface area contributed by atoms with E-state index in [1.54, 1.807) is 0 Å². The van der Waals surface area contributed by atoms with Gasteiger partial charge in [0.2, 0.25) is 0 Å². The summed E-state index contributed by atoms with van der Waals surface area (Å²) < 4.78 is 5.34. The van der Waals surface area contributed by atoms with Gasteiger partial charge in [0.1, 0.15) is 5.84 Å². The predicted molar refractivity (Wildman–Crippen MR) is 62.2 cm³/mol. The number of hydrogen-bond donors (Lipinski definition) is 2. The lowest BCUT2D eigenvalue weighted by Crippen LogP contribution is -2.14. The number of amidine groups is 1. The third-order valence-corrected chi connectivity index (χ3v) is 2.27. The molecule has 4 nitrogen and oxygen atoms in total. The number of oxime groups is 1. The number of nitrogens with two attached hydrogens (primary N) is 1. The molecule has 0 saturated carbocycles. The summed E-state index contributed by atoms with van der Waals surface area (Å²) in [5, 5.41) is 11.1. The van der Waals surface area contributed by atoms with Gasteiger partial charge < -0.3 is 15.7 Å². The summed E-state index contributed by atoms with van der Waals surface area (Å²) in [5.74, 6) is 0.234. The van der Waals surface area contributed by atoms with Gasteiger partial charge in [-0.1, -0.05) is 44.2 Å². The minimum absolute atomic E-state index is 0.234. The Balaban J connectivity index is 2.99. The molecular formula is C11H24N2O2. The quantitative estimate of drug-likeness (QED) is 0.194. The molecule has 0 radical (unpaired) electrons. The molecule has 0 aliphatic heterocycles. The van der Waals surface area contributed by atoms with E-state index < -0.39 is 0 Å². The Kier molecular flexibility index (Phi) is 10.7. The molecule has 0 aliphatic rings. The smallest absolute Gasteiger partial charge is 0.141 e. The van der Waals surface area contributed by atoms with Gasteiger partial charge in [-0.05, 0) is 6.42 Å². The first kappa shape index (κ1) is 14.2. The van der Waals surface area contributed by atoms with Crippen molar-refractivity contribution in [2.75, 3.05) is 13.2 Å². The summed E-state index contributed by atoms with van der Waals surface area (Å²) in [4.78, 5) is 0. The number of unbranched alkanes of at least 4 members (excludes halogenated alkanes) is 5. The van der Waals surface area contributed by atoms with Crippen molar-refractivity contribution in [3.63, 3.8) is 0 Å². The molecule has 0 fully saturated rings. The van der Waals surface area contributed by atoms with E-state index in [1.165, 1.54) is 32.1 Å². The average molecular weight is 216 g/mol. The van der Waals surface area contributed by atoms with Crippen LogP contribution in [0, 0.1) is 0 Å². The molecule has 3 N–H and O–H groups in total. The highest BCUT2D eigenvalue weighted by atomic mass is 16.5. The lowest BCUT2D eigenvalue weighted by molar-refractivity contribution is 0.136. The van der Waals surface area contributed by atoms with Crippen LogP contribution >= 0.6 is 0 Å². The minimum atomic E-state index is 0.234. The lowest BCUT2D eigenvalue weighted by atomic mass is 10.1. The molecule has 4 heteroatoms. The van der Waals surface area contributed by atoms with Gasteiger partial charge in [0.15, 0.2) is 0 Å². The Bertz CT molecular complexity index is 161. The lowest BCUT2D eigenvalue weighted by Gasteiger charge is -2.03. The summed E-state index contributed by atoms with van der Waals surface area (Å²) >= 11 is 0. The van der Waals surface area contributed by atoms with Crippen LogP contribution in [0.25, 0.3) is 0 Å². The van der Waals surface area contributed by atoms with Crippen LogP contribution in [0.4, 0.5) is 0 Å². The third kappa shape index (κ3) is 11.2. The van der Waals surface area contributed by atoms with Crippen molar-refractivity contribution in [2.24, 2.45) is 10.9 Å². The van der Waals surface area contributed by atoms with Crippen molar-refractivity contribution in [3.05, 3.63) is 0 Å². The zero-order valence-electron chi connectivity index (χ0n) is 9.74. The van der Waals surface area contributed by atoms with Crippen LogP contribution in [0.15, 0.2) is 5.16 Å². The third-order valence-electron chi connectivity index (χ3n) is 2.27. The maximum atomic E-state index is 8.27. The number of nitrogens with zero attached hydrogens (tertiary/aromatic N) is 1. The largest absolute Gasteiger partial charge is 0.409 e. The summed E-state index contributed by atoms with van der Waals surface area (Å²) in [7, 11) is 0. The second-order valence-electron chi connectivity index (χ2n) is 3.72. The molecule has 0 heterocycles.